The Morgan fingerprint density at radius 1 is 1.35 bits per heavy atom. The number of rotatable bonds is 3. The van der Waals surface area contributed by atoms with Gasteiger partial charge in [0.25, 0.3) is 5.91 Å². The van der Waals surface area contributed by atoms with E-state index in [4.69, 9.17) is 0 Å². The van der Waals surface area contributed by atoms with Crippen molar-refractivity contribution in [1.82, 2.24) is 15.2 Å². The molecule has 2 N–H and O–H groups in total. The van der Waals surface area contributed by atoms with Crippen LogP contribution in [0.3, 0.4) is 0 Å². The largest absolute Gasteiger partial charge is 0.363 e. The molecule has 88 valence electrons. The molecule has 2 rings (SSSR count). The van der Waals surface area contributed by atoms with E-state index in [1.165, 1.54) is 11.3 Å². The van der Waals surface area contributed by atoms with E-state index in [-0.39, 0.29) is 5.91 Å². The summed E-state index contributed by atoms with van der Waals surface area (Å²) in [6.45, 7) is 1.88. The zero-order valence-corrected chi connectivity index (χ0v) is 10.2. The molecule has 2 heterocycles. The van der Waals surface area contributed by atoms with Crippen molar-refractivity contribution in [1.29, 1.82) is 0 Å². The van der Waals surface area contributed by atoms with Crippen molar-refractivity contribution >= 4 is 28.1 Å². The van der Waals surface area contributed by atoms with Gasteiger partial charge in [-0.2, -0.15) is 0 Å². The number of nitrogens with one attached hydrogen (secondary N) is 2. The number of nitrogens with zero attached hydrogens (tertiary/aromatic N) is 3. The predicted molar refractivity (Wildman–Crippen MR) is 66.4 cm³/mol. The molecule has 0 aliphatic rings. The lowest BCUT2D eigenvalue weighted by molar-refractivity contribution is 0.102. The van der Waals surface area contributed by atoms with Gasteiger partial charge in [-0.15, -0.1) is 10.2 Å². The van der Waals surface area contributed by atoms with Gasteiger partial charge in [-0.05, 0) is 19.1 Å². The molecule has 0 aliphatic carbocycles. The van der Waals surface area contributed by atoms with Gasteiger partial charge in [0.2, 0.25) is 10.1 Å². The van der Waals surface area contributed by atoms with Crippen molar-refractivity contribution < 1.29 is 4.79 Å². The van der Waals surface area contributed by atoms with Crippen molar-refractivity contribution in [2.45, 2.75) is 6.92 Å². The van der Waals surface area contributed by atoms with Crippen LogP contribution in [0.4, 0.5) is 10.8 Å². The minimum absolute atomic E-state index is 0.283. The summed E-state index contributed by atoms with van der Waals surface area (Å²) in [5.74, 6) is -0.283. The normalized spacial score (nSPS) is 10.0. The third-order valence-electron chi connectivity index (χ3n) is 2.00. The van der Waals surface area contributed by atoms with Gasteiger partial charge in [0.15, 0.2) is 0 Å². The van der Waals surface area contributed by atoms with Crippen LogP contribution in [0.2, 0.25) is 0 Å². The van der Waals surface area contributed by atoms with Gasteiger partial charge in [0.1, 0.15) is 0 Å². The highest BCUT2D eigenvalue weighted by molar-refractivity contribution is 7.17. The zero-order chi connectivity index (χ0) is 12.3. The Bertz CT molecular complexity index is 522. The van der Waals surface area contributed by atoms with E-state index in [0.717, 1.165) is 5.69 Å². The minimum atomic E-state index is -0.283. The molecule has 0 bridgehead atoms. The summed E-state index contributed by atoms with van der Waals surface area (Å²) in [4.78, 5) is 15.9. The summed E-state index contributed by atoms with van der Waals surface area (Å²) in [5, 5.41) is 14.0. The van der Waals surface area contributed by atoms with Crippen molar-refractivity contribution in [3.05, 3.63) is 29.0 Å². The molecule has 2 aromatic heterocycles. The highest BCUT2D eigenvalue weighted by atomic mass is 32.1. The van der Waals surface area contributed by atoms with Crippen LogP contribution in [-0.2, 0) is 0 Å². The highest BCUT2D eigenvalue weighted by Gasteiger charge is 2.12. The average Bonchev–Trinajstić information content (AvgIpc) is 2.81. The van der Waals surface area contributed by atoms with Gasteiger partial charge in [-0.3, -0.25) is 9.78 Å². The molecule has 7 heteroatoms. The third kappa shape index (κ3) is 2.76. The van der Waals surface area contributed by atoms with Crippen LogP contribution >= 0.6 is 11.3 Å². The molecule has 0 aliphatic heterocycles. The second-order valence-corrected chi connectivity index (χ2v) is 4.28. The van der Waals surface area contributed by atoms with Crippen molar-refractivity contribution in [3.63, 3.8) is 0 Å². The van der Waals surface area contributed by atoms with Crippen molar-refractivity contribution in [3.8, 4) is 0 Å². The summed E-state index contributed by atoms with van der Waals surface area (Å²) in [5.41, 5.74) is 1.54. The molecule has 2 aromatic rings. The Kier molecular flexibility index (Phi) is 3.29. The Morgan fingerprint density at radius 3 is 2.76 bits per heavy atom. The van der Waals surface area contributed by atoms with Crippen LogP contribution < -0.4 is 10.6 Å². The van der Waals surface area contributed by atoms with Gasteiger partial charge in [-0.25, -0.2) is 0 Å². The van der Waals surface area contributed by atoms with Crippen LogP contribution in [0.1, 0.15) is 15.5 Å². The molecule has 0 fully saturated rings. The lowest BCUT2D eigenvalue weighted by atomic mass is 10.3. The Balaban J connectivity index is 2.08. The van der Waals surface area contributed by atoms with E-state index >= 15 is 0 Å². The molecule has 0 saturated heterocycles. The maximum absolute atomic E-state index is 11.8. The summed E-state index contributed by atoms with van der Waals surface area (Å²) in [6.07, 6.45) is 1.60. The molecule has 0 atom stereocenters. The Morgan fingerprint density at radius 2 is 2.18 bits per heavy atom. The second kappa shape index (κ2) is 4.88. The maximum atomic E-state index is 11.8. The van der Waals surface area contributed by atoms with Crippen LogP contribution in [0.25, 0.3) is 0 Å². The Hall–Kier alpha value is -2.02. The fraction of sp³-hybridized carbons (Fsp3) is 0.200. The fourth-order valence-corrected chi connectivity index (χ4v) is 1.73. The summed E-state index contributed by atoms with van der Waals surface area (Å²) in [6, 6.07) is 3.62. The van der Waals surface area contributed by atoms with E-state index < -0.39 is 0 Å². The van der Waals surface area contributed by atoms with Crippen molar-refractivity contribution in [2.24, 2.45) is 0 Å². The number of anilines is 2. The molecule has 0 saturated carbocycles. The van der Waals surface area contributed by atoms with Crippen LogP contribution in [0.15, 0.2) is 18.3 Å². The van der Waals surface area contributed by atoms with Gasteiger partial charge >= 0.3 is 0 Å². The first-order valence-electron chi connectivity index (χ1n) is 4.94. The fourth-order valence-electron chi connectivity index (χ4n) is 1.14. The predicted octanol–water partition coefficient (Wildman–Crippen LogP) is 1.54. The first-order chi connectivity index (χ1) is 8.19. The number of hydrogen-bond acceptors (Lipinski definition) is 6. The third-order valence-corrected chi connectivity index (χ3v) is 2.94. The van der Waals surface area contributed by atoms with E-state index in [0.29, 0.717) is 15.8 Å². The lowest BCUT2D eigenvalue weighted by Crippen LogP contribution is -2.11. The smallest absolute Gasteiger partial charge is 0.286 e. The number of aromatic nitrogens is 3. The molecule has 1 amide bonds. The minimum Gasteiger partial charge on any atom is -0.363 e. The van der Waals surface area contributed by atoms with Crippen LogP contribution in [-0.4, -0.2) is 28.1 Å². The molecule has 0 spiro atoms. The van der Waals surface area contributed by atoms with Crippen molar-refractivity contribution in [2.75, 3.05) is 17.7 Å². The monoisotopic (exact) mass is 249 g/mol. The molecular formula is C10H11N5OS. The zero-order valence-electron chi connectivity index (χ0n) is 9.39. The molecule has 17 heavy (non-hydrogen) atoms. The van der Waals surface area contributed by atoms with Gasteiger partial charge in [0, 0.05) is 12.7 Å². The number of aryl methyl sites for hydroxylation is 1. The number of carbonyl (C=O) groups is 1. The highest BCUT2D eigenvalue weighted by Crippen LogP contribution is 2.16. The van der Waals surface area contributed by atoms with Crippen LogP contribution in [0, 0.1) is 6.92 Å². The number of pyridine rings is 1. The average molecular weight is 249 g/mol. The van der Waals surface area contributed by atoms with Gasteiger partial charge in [-0.1, -0.05) is 11.3 Å². The van der Waals surface area contributed by atoms with Crippen LogP contribution in [0.5, 0.6) is 0 Å². The summed E-state index contributed by atoms with van der Waals surface area (Å²) in [7, 11) is 1.73. The first kappa shape index (κ1) is 11.5. The van der Waals surface area contributed by atoms with E-state index in [9.17, 15) is 4.79 Å². The summed E-state index contributed by atoms with van der Waals surface area (Å²) >= 11 is 1.20. The van der Waals surface area contributed by atoms with Gasteiger partial charge in [0.05, 0.1) is 11.9 Å². The molecule has 6 nitrogen and oxygen atoms in total. The Labute approximate surface area is 102 Å². The number of carbonyl (C=O) groups excluding carboxylic acids is 1. The maximum Gasteiger partial charge on any atom is 0.286 e. The lowest BCUT2D eigenvalue weighted by Gasteiger charge is -2.01. The molecule has 0 unspecified atom stereocenters. The van der Waals surface area contributed by atoms with E-state index in [2.05, 4.69) is 25.8 Å². The van der Waals surface area contributed by atoms with Gasteiger partial charge < -0.3 is 10.6 Å². The number of hydrogen-bond donors (Lipinski definition) is 2. The summed E-state index contributed by atoms with van der Waals surface area (Å²) < 4.78 is 0. The van der Waals surface area contributed by atoms with E-state index in [1.54, 1.807) is 19.3 Å². The standard InChI is InChI=1S/C10H11N5OS/c1-6-3-4-7(5-12-6)13-8(16)9-14-15-10(11-2)17-9/h3-5H,1-2H3,(H,11,15)(H,13,16). The molecular weight excluding hydrogens is 238 g/mol. The number of amides is 1. The molecule has 0 radical (unpaired) electrons. The SMILES string of the molecule is CNc1nnc(C(=O)Nc2ccc(C)nc2)s1. The molecule has 0 aromatic carbocycles. The first-order valence-corrected chi connectivity index (χ1v) is 5.76. The quantitative estimate of drug-likeness (QED) is 0.862. The van der Waals surface area contributed by atoms with E-state index in [1.807, 2.05) is 13.0 Å². The topological polar surface area (TPSA) is 79.8 Å². The second-order valence-electron chi connectivity index (χ2n) is 3.30.